The van der Waals surface area contributed by atoms with Crippen LogP contribution in [-0.4, -0.2) is 100 Å². The van der Waals surface area contributed by atoms with Gasteiger partial charge >= 0.3 is 0 Å². The zero-order valence-corrected chi connectivity index (χ0v) is 24.7. The van der Waals surface area contributed by atoms with Gasteiger partial charge in [0.1, 0.15) is 23.9 Å². The van der Waals surface area contributed by atoms with Crippen LogP contribution in [0.25, 0.3) is 11.4 Å². The van der Waals surface area contributed by atoms with Crippen molar-refractivity contribution in [3.05, 3.63) is 66.7 Å². The lowest BCUT2D eigenvalue weighted by molar-refractivity contribution is -0.138. The van der Waals surface area contributed by atoms with Crippen LogP contribution in [0.3, 0.4) is 0 Å². The first-order valence-electron chi connectivity index (χ1n) is 14.9. The highest BCUT2D eigenvalue weighted by Gasteiger charge is 2.31. The van der Waals surface area contributed by atoms with Crippen molar-refractivity contribution in [2.75, 3.05) is 62.7 Å². The summed E-state index contributed by atoms with van der Waals surface area (Å²) in [6.45, 7) is 12.2. The smallest absolute Gasteiger partial charge is 0.251 e. The fourth-order valence-corrected chi connectivity index (χ4v) is 5.73. The molecule has 12 heteroatoms. The van der Waals surface area contributed by atoms with Crippen molar-refractivity contribution in [2.24, 2.45) is 5.92 Å². The second-order valence-electron chi connectivity index (χ2n) is 11.4. The van der Waals surface area contributed by atoms with Crippen molar-refractivity contribution in [3.63, 3.8) is 0 Å². The molecule has 2 aromatic carbocycles. The third-order valence-electron chi connectivity index (χ3n) is 8.37. The van der Waals surface area contributed by atoms with E-state index in [9.17, 15) is 15.2 Å². The van der Waals surface area contributed by atoms with Gasteiger partial charge in [-0.1, -0.05) is 6.58 Å². The number of aromatic nitrogens is 3. The maximum absolute atomic E-state index is 12.2. The maximum atomic E-state index is 12.2. The Morgan fingerprint density at radius 1 is 1.14 bits per heavy atom. The molecule has 228 valence electrons. The first-order valence-corrected chi connectivity index (χ1v) is 14.9. The zero-order valence-electron chi connectivity index (χ0n) is 24.7. The number of piperazine rings is 1. The molecule has 12 nitrogen and oxygen atoms in total. The molecule has 3 saturated heterocycles. The molecular weight excluding hydrogens is 560 g/mol. The van der Waals surface area contributed by atoms with E-state index in [4.69, 9.17) is 9.47 Å². The summed E-state index contributed by atoms with van der Waals surface area (Å²) in [5, 5.41) is 22.6. The van der Waals surface area contributed by atoms with Crippen LogP contribution in [0.2, 0.25) is 0 Å². The molecule has 0 spiro atoms. The standard InChI is InChI=1S/C32H36N8O4/c1-21(41)31(42)40-8-7-24(17-40)22(2)44-29-14-23(16-33)13-25(15-29)30-34-20-35-32(37-30)36-26-3-5-27(6-4-26)38-9-11-39(12-10-38)28-18-43-19-28/h3-6,13-15,20-21,24,28,41H,2,7-12,17-19H2,1H3,(H,34,35,36,37)/t21-,24-/m0/s1. The van der Waals surface area contributed by atoms with Crippen LogP contribution in [0.4, 0.5) is 17.3 Å². The third kappa shape index (κ3) is 6.65. The van der Waals surface area contributed by atoms with E-state index in [-0.39, 0.29) is 11.8 Å². The number of aliphatic hydroxyl groups excluding tert-OH is 1. The lowest BCUT2D eigenvalue weighted by Crippen LogP contribution is -2.56. The average molecular weight is 597 g/mol. The second kappa shape index (κ2) is 13.0. The van der Waals surface area contributed by atoms with Crippen LogP contribution in [0, 0.1) is 17.2 Å². The third-order valence-corrected chi connectivity index (χ3v) is 8.37. The molecule has 3 aromatic rings. The van der Waals surface area contributed by atoms with Gasteiger partial charge in [0.05, 0.1) is 30.9 Å². The minimum Gasteiger partial charge on any atom is -0.462 e. The van der Waals surface area contributed by atoms with E-state index in [1.165, 1.54) is 18.9 Å². The van der Waals surface area contributed by atoms with Gasteiger partial charge in [-0.3, -0.25) is 9.69 Å². The predicted molar refractivity (Wildman–Crippen MR) is 164 cm³/mol. The molecule has 3 fully saturated rings. The number of carbonyl (C=O) groups excluding carboxylic acids is 1. The van der Waals surface area contributed by atoms with Crippen LogP contribution >= 0.6 is 0 Å². The van der Waals surface area contributed by atoms with E-state index in [2.05, 4.69) is 54.8 Å². The number of aliphatic hydroxyl groups is 1. The molecule has 0 aliphatic carbocycles. The number of likely N-dealkylation sites (tertiary alicyclic amines) is 1. The Morgan fingerprint density at radius 3 is 2.59 bits per heavy atom. The number of nitriles is 1. The zero-order chi connectivity index (χ0) is 30.6. The number of nitrogens with one attached hydrogen (secondary N) is 1. The van der Waals surface area contributed by atoms with Crippen LogP contribution < -0.4 is 15.0 Å². The van der Waals surface area contributed by atoms with Gasteiger partial charge in [0.25, 0.3) is 5.91 Å². The molecule has 3 aliphatic rings. The van der Waals surface area contributed by atoms with Crippen molar-refractivity contribution in [2.45, 2.75) is 25.5 Å². The fourth-order valence-electron chi connectivity index (χ4n) is 5.73. The van der Waals surface area contributed by atoms with Gasteiger partial charge in [0.2, 0.25) is 5.95 Å². The number of rotatable bonds is 9. The minimum atomic E-state index is -1.05. The van der Waals surface area contributed by atoms with Gasteiger partial charge in [-0.05, 0) is 55.8 Å². The molecule has 3 aliphatic heterocycles. The van der Waals surface area contributed by atoms with E-state index < -0.39 is 6.10 Å². The summed E-state index contributed by atoms with van der Waals surface area (Å²) in [6, 6.07) is 16.0. The van der Waals surface area contributed by atoms with Gasteiger partial charge in [-0.25, -0.2) is 9.97 Å². The molecule has 0 radical (unpaired) electrons. The maximum Gasteiger partial charge on any atom is 0.251 e. The summed E-state index contributed by atoms with van der Waals surface area (Å²) >= 11 is 0. The SMILES string of the molecule is C=C(Oc1cc(C#N)cc(-c2ncnc(Nc3ccc(N4CCN(C5COC5)CC4)cc3)n2)c1)[C@H]1CCN(C(=O)[C@H](C)O)C1. The van der Waals surface area contributed by atoms with Crippen molar-refractivity contribution in [1.29, 1.82) is 5.26 Å². The largest absolute Gasteiger partial charge is 0.462 e. The van der Waals surface area contributed by atoms with Crippen molar-refractivity contribution < 1.29 is 19.4 Å². The highest BCUT2D eigenvalue weighted by molar-refractivity contribution is 5.80. The number of hydrogen-bond donors (Lipinski definition) is 2. The van der Waals surface area contributed by atoms with Crippen molar-refractivity contribution in [3.8, 4) is 23.2 Å². The van der Waals surface area contributed by atoms with Gasteiger partial charge in [-0.2, -0.15) is 10.2 Å². The number of carbonyl (C=O) groups is 1. The molecule has 1 aromatic heterocycles. The summed E-state index contributed by atoms with van der Waals surface area (Å²) in [5.74, 6) is 1.29. The topological polar surface area (TPSA) is 140 Å². The first kappa shape index (κ1) is 29.5. The number of nitrogens with zero attached hydrogens (tertiary/aromatic N) is 7. The number of anilines is 3. The van der Waals surface area contributed by atoms with Gasteiger partial charge in [0.15, 0.2) is 5.82 Å². The van der Waals surface area contributed by atoms with E-state index in [1.54, 1.807) is 23.1 Å². The second-order valence-corrected chi connectivity index (χ2v) is 11.4. The van der Waals surface area contributed by atoms with Crippen molar-refractivity contribution >= 4 is 23.2 Å². The molecule has 44 heavy (non-hydrogen) atoms. The van der Waals surface area contributed by atoms with E-state index in [1.807, 2.05) is 12.1 Å². The number of benzene rings is 2. The van der Waals surface area contributed by atoms with Crippen LogP contribution in [-0.2, 0) is 9.53 Å². The van der Waals surface area contributed by atoms with Gasteiger partial charge < -0.3 is 29.7 Å². The predicted octanol–water partition coefficient (Wildman–Crippen LogP) is 2.80. The molecule has 0 bridgehead atoms. The summed E-state index contributed by atoms with van der Waals surface area (Å²) in [6.07, 6.45) is 1.06. The number of amides is 1. The van der Waals surface area contributed by atoms with Gasteiger partial charge in [0, 0.05) is 62.1 Å². The van der Waals surface area contributed by atoms with E-state index in [0.29, 0.717) is 60.0 Å². The molecule has 0 unspecified atom stereocenters. The first-order chi connectivity index (χ1) is 21.4. The lowest BCUT2D eigenvalue weighted by Gasteiger charge is -2.43. The normalized spacial score (nSPS) is 19.6. The van der Waals surface area contributed by atoms with Gasteiger partial charge in [-0.15, -0.1) is 0 Å². The van der Waals surface area contributed by atoms with E-state index in [0.717, 1.165) is 45.1 Å². The Morgan fingerprint density at radius 2 is 1.91 bits per heavy atom. The average Bonchev–Trinajstić information content (AvgIpc) is 3.51. The number of hydrogen-bond acceptors (Lipinski definition) is 11. The molecule has 0 saturated carbocycles. The Balaban J connectivity index is 1.10. The minimum absolute atomic E-state index is 0.0849. The quantitative estimate of drug-likeness (QED) is 0.353. The van der Waals surface area contributed by atoms with Crippen LogP contribution in [0.15, 0.2) is 61.1 Å². The van der Waals surface area contributed by atoms with E-state index >= 15 is 0 Å². The summed E-state index contributed by atoms with van der Waals surface area (Å²) in [4.78, 5) is 31.9. The molecule has 2 atom stereocenters. The number of ether oxygens (including phenoxy) is 2. The Labute approximate surface area is 256 Å². The van der Waals surface area contributed by atoms with Crippen LogP contribution in [0.1, 0.15) is 18.9 Å². The summed E-state index contributed by atoms with van der Waals surface area (Å²) < 4.78 is 11.4. The Bertz CT molecular complexity index is 1540. The van der Waals surface area contributed by atoms with Crippen LogP contribution in [0.5, 0.6) is 5.75 Å². The summed E-state index contributed by atoms with van der Waals surface area (Å²) in [7, 11) is 0. The summed E-state index contributed by atoms with van der Waals surface area (Å²) in [5.41, 5.74) is 3.01. The molecule has 6 rings (SSSR count). The Kier molecular flexibility index (Phi) is 8.70. The molecular formula is C32H36N8O4. The van der Waals surface area contributed by atoms with Crippen molar-refractivity contribution in [1.82, 2.24) is 24.8 Å². The lowest BCUT2D eigenvalue weighted by atomic mass is 10.1. The Hall–Kier alpha value is -4.57. The fraction of sp³-hybridized carbons (Fsp3) is 0.406. The molecule has 4 heterocycles. The highest BCUT2D eigenvalue weighted by Crippen LogP contribution is 2.30. The monoisotopic (exact) mass is 596 g/mol. The highest BCUT2D eigenvalue weighted by atomic mass is 16.5. The molecule has 1 amide bonds. The molecule has 2 N–H and O–H groups in total.